The van der Waals surface area contributed by atoms with Crippen molar-refractivity contribution >= 4 is 29.6 Å². The predicted octanol–water partition coefficient (Wildman–Crippen LogP) is 4.37. The third-order valence-corrected chi connectivity index (χ3v) is 9.39. The number of piperazine rings is 1. The molecule has 0 radical (unpaired) electrons. The molecule has 4 N–H and O–H groups in total. The molecule has 3 amide bonds. The first kappa shape index (κ1) is 38.3. The van der Waals surface area contributed by atoms with Crippen LogP contribution in [0.15, 0.2) is 28.5 Å². The fraction of sp³-hybridized carbons (Fsp3) is 0.588. The van der Waals surface area contributed by atoms with Crippen molar-refractivity contribution < 1.29 is 45.8 Å². The average molecular weight is 737 g/mol. The maximum Gasteiger partial charge on any atom is 0.451 e. The van der Waals surface area contributed by atoms with Gasteiger partial charge in [0.1, 0.15) is 11.3 Å². The quantitative estimate of drug-likeness (QED) is 0.200. The molecule has 3 aliphatic rings. The van der Waals surface area contributed by atoms with Gasteiger partial charge in [-0.15, -0.1) is 0 Å². The Labute approximate surface area is 298 Å². The number of hydrogen-bond donors (Lipinski definition) is 3. The van der Waals surface area contributed by atoms with Crippen LogP contribution in [0.4, 0.5) is 28.4 Å². The zero-order chi connectivity index (χ0) is 38.3. The summed E-state index contributed by atoms with van der Waals surface area (Å²) in [6.45, 7) is 8.63. The summed E-state index contributed by atoms with van der Waals surface area (Å²) in [5.74, 6) is -3.69. The van der Waals surface area contributed by atoms with E-state index in [1.807, 2.05) is 0 Å². The van der Waals surface area contributed by atoms with Gasteiger partial charge in [-0.3, -0.25) is 14.5 Å². The van der Waals surface area contributed by atoms with E-state index in [2.05, 4.69) is 15.3 Å². The molecule has 0 unspecified atom stereocenters. The second kappa shape index (κ2) is 14.3. The molecule has 5 rings (SSSR count). The largest absolute Gasteiger partial charge is 0.481 e. The fourth-order valence-corrected chi connectivity index (χ4v) is 6.82. The zero-order valence-corrected chi connectivity index (χ0v) is 29.9. The molecule has 1 aliphatic carbocycles. The van der Waals surface area contributed by atoms with Crippen LogP contribution in [0.25, 0.3) is 0 Å². The van der Waals surface area contributed by atoms with Crippen molar-refractivity contribution in [3.63, 3.8) is 0 Å². The highest BCUT2D eigenvalue weighted by Crippen LogP contribution is 2.50. The number of pyridine rings is 1. The van der Waals surface area contributed by atoms with Crippen molar-refractivity contribution in [1.29, 1.82) is 5.41 Å². The number of likely N-dealkylation sites (tertiary alicyclic amines) is 1. The van der Waals surface area contributed by atoms with Gasteiger partial charge in [-0.05, 0) is 66.4 Å². The number of hydrogen-bond acceptors (Lipinski definition) is 11. The Hall–Kier alpha value is -4.90. The number of piperidine rings is 1. The Morgan fingerprint density at radius 1 is 1.17 bits per heavy atom. The first-order chi connectivity index (χ1) is 24.2. The van der Waals surface area contributed by atoms with E-state index in [0.717, 1.165) is 12.3 Å². The molecule has 14 nitrogen and oxygen atoms in total. The van der Waals surface area contributed by atoms with E-state index in [9.17, 15) is 31.9 Å². The Morgan fingerprint density at radius 3 is 2.40 bits per heavy atom. The first-order valence-electron chi connectivity index (χ1n) is 16.9. The molecule has 2 saturated heterocycles. The number of anilines is 1. The van der Waals surface area contributed by atoms with Crippen LogP contribution in [-0.4, -0.2) is 93.4 Å². The third-order valence-electron chi connectivity index (χ3n) is 9.39. The summed E-state index contributed by atoms with van der Waals surface area (Å²) in [4.78, 5) is 52.0. The van der Waals surface area contributed by atoms with Crippen LogP contribution in [-0.2, 0) is 27.0 Å². The molecule has 4 heterocycles. The SMILES string of the molecule is COc1cc(C(=N)C=C(N)C(=O)N2CC[C@H](C(=O)NCc3nc(N4C[C@@H](C)N(C(=O)OC(C)(C)C)[C@@H](C)C4)oc3C(F)(F)F)CC23CC3)c(F)cn1. The topological polar surface area (TPSA) is 180 Å². The molecule has 3 fully saturated rings. The van der Waals surface area contributed by atoms with Crippen molar-refractivity contribution in [3.05, 3.63) is 46.9 Å². The standard InChI is InChI=1S/C34H44F4N8O6/c1-18-16-44(17-19(2)46(18)31(49)52-32(3,4)5)30-43-25(27(51-30)34(36,37)38)15-42-28(47)20-7-10-45(33(13-20)8-9-33)29(48)24(40)12-23(39)21-11-26(50-6)41-14-22(21)35/h11-12,14,18-20,39H,7-10,13,15-17,40H2,1-6H3,(H,42,47)/t18-,19+,20-/m0/s1. The molecule has 52 heavy (non-hydrogen) atoms. The van der Waals surface area contributed by atoms with Gasteiger partial charge in [0.2, 0.25) is 17.5 Å². The number of methoxy groups -OCH3 is 1. The lowest BCUT2D eigenvalue weighted by atomic mass is 9.88. The Kier molecular flexibility index (Phi) is 10.5. The minimum absolute atomic E-state index is 0.0785. The van der Waals surface area contributed by atoms with Gasteiger partial charge in [0.05, 0.1) is 43.3 Å². The molecule has 2 aromatic rings. The molecule has 2 aromatic heterocycles. The van der Waals surface area contributed by atoms with E-state index in [0.29, 0.717) is 12.8 Å². The maximum absolute atomic E-state index is 14.3. The van der Waals surface area contributed by atoms with Gasteiger partial charge in [-0.2, -0.15) is 18.2 Å². The highest BCUT2D eigenvalue weighted by Gasteiger charge is 2.54. The molecule has 284 valence electrons. The van der Waals surface area contributed by atoms with Crippen LogP contribution in [0.1, 0.15) is 77.3 Å². The number of allylic oxidation sites excluding steroid dienone is 1. The number of nitrogens with one attached hydrogen (secondary N) is 2. The second-order valence-electron chi connectivity index (χ2n) is 14.6. The average Bonchev–Trinajstić information content (AvgIpc) is 3.65. The van der Waals surface area contributed by atoms with E-state index in [-0.39, 0.29) is 61.3 Å². The van der Waals surface area contributed by atoms with Crippen LogP contribution < -0.4 is 20.7 Å². The monoisotopic (exact) mass is 736 g/mol. The van der Waals surface area contributed by atoms with Crippen LogP contribution in [0.2, 0.25) is 0 Å². The number of aromatic nitrogens is 2. The van der Waals surface area contributed by atoms with Crippen molar-refractivity contribution in [1.82, 2.24) is 25.1 Å². The van der Waals surface area contributed by atoms with Crippen molar-refractivity contribution in [2.24, 2.45) is 11.7 Å². The van der Waals surface area contributed by atoms with E-state index in [4.69, 9.17) is 25.0 Å². The van der Waals surface area contributed by atoms with Gasteiger partial charge in [0.15, 0.2) is 5.82 Å². The van der Waals surface area contributed by atoms with E-state index >= 15 is 0 Å². The summed E-state index contributed by atoms with van der Waals surface area (Å²) in [6, 6.07) is 0.0859. The number of halogens is 4. The molecule has 0 aromatic carbocycles. The number of carbonyl (C=O) groups is 3. The smallest absolute Gasteiger partial charge is 0.451 e. The minimum Gasteiger partial charge on any atom is -0.481 e. The predicted molar refractivity (Wildman–Crippen MR) is 179 cm³/mol. The van der Waals surface area contributed by atoms with Crippen molar-refractivity contribution in [2.45, 2.75) is 96.2 Å². The highest BCUT2D eigenvalue weighted by molar-refractivity contribution is 6.11. The number of carbonyl (C=O) groups excluding carboxylic acids is 3. The number of ether oxygens (including phenoxy) is 2. The first-order valence-corrected chi connectivity index (χ1v) is 16.9. The van der Waals surface area contributed by atoms with Crippen molar-refractivity contribution in [3.8, 4) is 5.88 Å². The van der Waals surface area contributed by atoms with Gasteiger partial charge in [0, 0.05) is 42.7 Å². The summed E-state index contributed by atoms with van der Waals surface area (Å²) < 4.78 is 72.3. The summed E-state index contributed by atoms with van der Waals surface area (Å²) in [5.41, 5.74) is 3.40. The third kappa shape index (κ3) is 8.25. The summed E-state index contributed by atoms with van der Waals surface area (Å²) >= 11 is 0. The number of amides is 3. The summed E-state index contributed by atoms with van der Waals surface area (Å²) in [5, 5.41) is 10.9. The molecular formula is C34H44F4N8O6. The van der Waals surface area contributed by atoms with E-state index in [1.165, 1.54) is 18.1 Å². The second-order valence-corrected chi connectivity index (χ2v) is 14.6. The van der Waals surface area contributed by atoms with E-state index < -0.39 is 77.0 Å². The van der Waals surface area contributed by atoms with Crippen LogP contribution in [0, 0.1) is 17.1 Å². The number of alkyl halides is 3. The lowest BCUT2D eigenvalue weighted by Crippen LogP contribution is -2.59. The van der Waals surface area contributed by atoms with Gasteiger partial charge >= 0.3 is 12.3 Å². The van der Waals surface area contributed by atoms with Gasteiger partial charge in [-0.25, -0.2) is 14.2 Å². The van der Waals surface area contributed by atoms with Gasteiger partial charge in [-0.1, -0.05) is 0 Å². The molecule has 1 spiro atoms. The Morgan fingerprint density at radius 2 is 1.83 bits per heavy atom. The number of oxazole rings is 1. The van der Waals surface area contributed by atoms with Crippen LogP contribution in [0.5, 0.6) is 5.88 Å². The lowest BCUT2D eigenvalue weighted by molar-refractivity contribution is -0.153. The molecule has 18 heteroatoms. The number of rotatable bonds is 8. The van der Waals surface area contributed by atoms with E-state index in [1.54, 1.807) is 44.4 Å². The van der Waals surface area contributed by atoms with Gasteiger partial charge < -0.3 is 40.2 Å². The van der Waals surface area contributed by atoms with Crippen LogP contribution >= 0.6 is 0 Å². The Bertz CT molecular complexity index is 1740. The normalized spacial score (nSPS) is 21.9. The highest BCUT2D eigenvalue weighted by atomic mass is 19.4. The van der Waals surface area contributed by atoms with Crippen molar-refractivity contribution in [2.75, 3.05) is 31.6 Å². The van der Waals surface area contributed by atoms with Crippen LogP contribution in [0.3, 0.4) is 0 Å². The zero-order valence-electron chi connectivity index (χ0n) is 29.9. The fourth-order valence-electron chi connectivity index (χ4n) is 6.82. The molecule has 0 bridgehead atoms. The number of nitrogens with zero attached hydrogens (tertiary/aromatic N) is 5. The van der Waals surface area contributed by atoms with Gasteiger partial charge in [0.25, 0.3) is 11.9 Å². The number of nitrogens with two attached hydrogens (primary N) is 1. The summed E-state index contributed by atoms with van der Waals surface area (Å²) in [7, 11) is 1.34. The maximum atomic E-state index is 14.3. The molecule has 2 aliphatic heterocycles. The molecular weight excluding hydrogens is 692 g/mol. The Balaban J connectivity index is 1.22. The lowest BCUT2D eigenvalue weighted by Gasteiger charge is -2.43. The molecule has 1 saturated carbocycles. The molecule has 3 atom stereocenters. The summed E-state index contributed by atoms with van der Waals surface area (Å²) in [6.07, 6.45) is -1.80. The minimum atomic E-state index is -4.89.